The molecular formula is C15H22N2S. The molecule has 0 saturated carbocycles. The van der Waals surface area contributed by atoms with E-state index in [9.17, 15) is 0 Å². The van der Waals surface area contributed by atoms with Crippen molar-refractivity contribution in [3.63, 3.8) is 0 Å². The van der Waals surface area contributed by atoms with Gasteiger partial charge in [-0.25, -0.2) is 0 Å². The van der Waals surface area contributed by atoms with Crippen molar-refractivity contribution >= 4 is 21.4 Å². The molecule has 0 fully saturated rings. The number of hydrogen-bond acceptors (Lipinski definition) is 3. The number of benzene rings is 1. The van der Waals surface area contributed by atoms with Gasteiger partial charge in [0, 0.05) is 16.3 Å². The van der Waals surface area contributed by atoms with Gasteiger partial charge in [-0.2, -0.15) is 0 Å². The van der Waals surface area contributed by atoms with Gasteiger partial charge >= 0.3 is 0 Å². The topological polar surface area (TPSA) is 29.3 Å². The van der Waals surface area contributed by atoms with Crippen LogP contribution in [0.15, 0.2) is 29.6 Å². The smallest absolute Gasteiger partial charge is 0.0493 e. The monoisotopic (exact) mass is 262 g/mol. The van der Waals surface area contributed by atoms with E-state index in [-0.39, 0.29) is 11.6 Å². The summed E-state index contributed by atoms with van der Waals surface area (Å²) in [4.78, 5) is 2.24. The van der Waals surface area contributed by atoms with Crippen molar-refractivity contribution < 1.29 is 0 Å². The highest BCUT2D eigenvalue weighted by Gasteiger charge is 2.34. The maximum atomic E-state index is 6.58. The first-order valence-corrected chi connectivity index (χ1v) is 7.27. The summed E-state index contributed by atoms with van der Waals surface area (Å²) in [6.07, 6.45) is 1.03. The van der Waals surface area contributed by atoms with Crippen LogP contribution in [-0.2, 0) is 0 Å². The van der Waals surface area contributed by atoms with Gasteiger partial charge in [0.25, 0.3) is 0 Å². The molecule has 0 saturated heterocycles. The van der Waals surface area contributed by atoms with Crippen LogP contribution in [0.1, 0.15) is 31.9 Å². The molecule has 1 heterocycles. The predicted octanol–water partition coefficient (Wildman–Crippen LogP) is 3.63. The Morgan fingerprint density at radius 3 is 2.67 bits per heavy atom. The Kier molecular flexibility index (Phi) is 3.76. The molecule has 1 aromatic carbocycles. The molecule has 3 heteroatoms. The third-order valence-corrected chi connectivity index (χ3v) is 5.23. The molecule has 2 N–H and O–H groups in total. The molecule has 98 valence electrons. The molecule has 1 aromatic heterocycles. The van der Waals surface area contributed by atoms with Gasteiger partial charge in [0.15, 0.2) is 0 Å². The summed E-state index contributed by atoms with van der Waals surface area (Å²) < 4.78 is 1.33. The average Bonchev–Trinajstić information content (AvgIpc) is 2.84. The van der Waals surface area contributed by atoms with Gasteiger partial charge in [-0.3, -0.25) is 0 Å². The first-order valence-electron chi connectivity index (χ1n) is 6.40. The number of likely N-dealkylation sites (N-methyl/N-ethyl adjacent to an activating group) is 1. The Morgan fingerprint density at radius 2 is 2.06 bits per heavy atom. The lowest BCUT2D eigenvalue weighted by Gasteiger charge is -2.41. The molecule has 2 atom stereocenters. The maximum absolute atomic E-state index is 6.58. The fourth-order valence-corrected chi connectivity index (χ4v) is 3.36. The van der Waals surface area contributed by atoms with E-state index < -0.39 is 0 Å². The molecule has 0 radical (unpaired) electrons. The highest BCUT2D eigenvalue weighted by molar-refractivity contribution is 7.17. The van der Waals surface area contributed by atoms with Gasteiger partial charge in [0.2, 0.25) is 0 Å². The summed E-state index contributed by atoms with van der Waals surface area (Å²) in [6, 6.07) is 8.62. The van der Waals surface area contributed by atoms with E-state index in [1.165, 1.54) is 15.6 Å². The fraction of sp³-hybridized carbons (Fsp3) is 0.467. The van der Waals surface area contributed by atoms with Crippen molar-refractivity contribution in [2.75, 3.05) is 14.1 Å². The van der Waals surface area contributed by atoms with Gasteiger partial charge in [-0.05, 0) is 49.8 Å². The number of nitrogens with zero attached hydrogens (tertiary/aromatic N) is 1. The van der Waals surface area contributed by atoms with Crippen LogP contribution in [0.25, 0.3) is 10.1 Å². The molecule has 0 aliphatic heterocycles. The van der Waals surface area contributed by atoms with Crippen LogP contribution in [0.4, 0.5) is 0 Å². The summed E-state index contributed by atoms with van der Waals surface area (Å²) >= 11 is 1.78. The largest absolute Gasteiger partial charge is 0.322 e. The number of nitrogens with two attached hydrogens (primary N) is 1. The summed E-state index contributed by atoms with van der Waals surface area (Å²) in [7, 11) is 4.22. The minimum atomic E-state index is -0.0156. The van der Waals surface area contributed by atoms with E-state index >= 15 is 0 Å². The van der Waals surface area contributed by atoms with Crippen LogP contribution in [0, 0.1) is 0 Å². The Hall–Kier alpha value is -0.900. The molecule has 0 aliphatic rings. The SMILES string of the molecule is CCC(C)(C(N)c1cccc2ccsc12)N(C)C. The van der Waals surface area contributed by atoms with Crippen molar-refractivity contribution in [3.05, 3.63) is 35.2 Å². The quantitative estimate of drug-likeness (QED) is 0.911. The lowest BCUT2D eigenvalue weighted by molar-refractivity contribution is 0.132. The van der Waals surface area contributed by atoms with E-state index in [2.05, 4.69) is 62.5 Å². The first-order chi connectivity index (χ1) is 8.50. The van der Waals surface area contributed by atoms with Crippen LogP contribution in [0.5, 0.6) is 0 Å². The van der Waals surface area contributed by atoms with Crippen LogP contribution in [0.2, 0.25) is 0 Å². The second-order valence-electron chi connectivity index (χ2n) is 5.27. The molecule has 2 rings (SSSR count). The Balaban J connectivity index is 2.50. The minimum Gasteiger partial charge on any atom is -0.322 e. The standard InChI is InChI=1S/C15H22N2S/c1-5-15(2,17(3)4)14(16)12-8-6-7-11-9-10-18-13(11)12/h6-10,14H,5,16H2,1-4H3. The second-order valence-corrected chi connectivity index (χ2v) is 6.19. The number of hydrogen-bond donors (Lipinski definition) is 1. The Bertz CT molecular complexity index is 532. The van der Waals surface area contributed by atoms with Crippen LogP contribution in [0.3, 0.4) is 0 Å². The highest BCUT2D eigenvalue weighted by Crippen LogP contribution is 2.36. The van der Waals surface area contributed by atoms with E-state index in [0.29, 0.717) is 0 Å². The molecule has 0 aliphatic carbocycles. The number of thiophene rings is 1. The second kappa shape index (κ2) is 5.00. The molecular weight excluding hydrogens is 240 g/mol. The van der Waals surface area contributed by atoms with Gasteiger partial charge in [0.05, 0.1) is 0 Å². The highest BCUT2D eigenvalue weighted by atomic mass is 32.1. The van der Waals surface area contributed by atoms with Gasteiger partial charge in [-0.15, -0.1) is 11.3 Å². The Morgan fingerprint density at radius 1 is 1.33 bits per heavy atom. The normalized spacial score (nSPS) is 17.0. The van der Waals surface area contributed by atoms with Gasteiger partial charge < -0.3 is 10.6 Å². The van der Waals surface area contributed by atoms with E-state index in [1.54, 1.807) is 11.3 Å². The average molecular weight is 262 g/mol. The zero-order valence-electron chi connectivity index (χ0n) is 11.6. The third-order valence-electron chi connectivity index (χ3n) is 4.25. The molecule has 2 nitrogen and oxygen atoms in total. The van der Waals surface area contributed by atoms with Gasteiger partial charge in [0.1, 0.15) is 0 Å². The molecule has 0 spiro atoms. The zero-order chi connectivity index (χ0) is 13.3. The summed E-state index contributed by atoms with van der Waals surface area (Å²) in [6.45, 7) is 4.44. The maximum Gasteiger partial charge on any atom is 0.0493 e. The van der Waals surface area contributed by atoms with Crippen molar-refractivity contribution in [2.45, 2.75) is 31.8 Å². The molecule has 0 bridgehead atoms. The van der Waals surface area contributed by atoms with Crippen molar-refractivity contribution in [2.24, 2.45) is 5.73 Å². The van der Waals surface area contributed by atoms with E-state index in [0.717, 1.165) is 6.42 Å². The third kappa shape index (κ3) is 2.07. The van der Waals surface area contributed by atoms with Crippen molar-refractivity contribution in [1.82, 2.24) is 4.90 Å². The van der Waals surface area contributed by atoms with Crippen LogP contribution in [-0.4, -0.2) is 24.5 Å². The molecule has 0 amide bonds. The Labute approximate surface area is 113 Å². The summed E-state index contributed by atoms with van der Waals surface area (Å²) in [5.41, 5.74) is 7.82. The number of rotatable bonds is 4. The first kappa shape index (κ1) is 13.5. The molecule has 2 unspecified atom stereocenters. The zero-order valence-corrected chi connectivity index (χ0v) is 12.4. The summed E-state index contributed by atoms with van der Waals surface area (Å²) in [5.74, 6) is 0. The lowest BCUT2D eigenvalue weighted by atomic mass is 9.84. The summed E-state index contributed by atoms with van der Waals surface area (Å²) in [5, 5.41) is 3.44. The van der Waals surface area contributed by atoms with Gasteiger partial charge in [-0.1, -0.05) is 25.1 Å². The van der Waals surface area contributed by atoms with Crippen molar-refractivity contribution in [3.8, 4) is 0 Å². The lowest BCUT2D eigenvalue weighted by Crippen LogP contribution is -2.49. The van der Waals surface area contributed by atoms with Crippen molar-refractivity contribution in [1.29, 1.82) is 0 Å². The minimum absolute atomic E-state index is 0.0156. The molecule has 18 heavy (non-hydrogen) atoms. The predicted molar refractivity (Wildman–Crippen MR) is 81.1 cm³/mol. The van der Waals surface area contributed by atoms with E-state index in [1.807, 2.05) is 0 Å². The van der Waals surface area contributed by atoms with Crippen LogP contribution < -0.4 is 5.73 Å². The molecule has 2 aromatic rings. The fourth-order valence-electron chi connectivity index (χ4n) is 2.41. The van der Waals surface area contributed by atoms with E-state index in [4.69, 9.17) is 5.73 Å². The number of fused-ring (bicyclic) bond motifs is 1. The van der Waals surface area contributed by atoms with Crippen LogP contribution >= 0.6 is 11.3 Å².